The fourth-order valence-corrected chi connectivity index (χ4v) is 4.22. The minimum Gasteiger partial charge on any atom is -0.365 e. The van der Waals surface area contributed by atoms with Crippen LogP contribution in [-0.2, 0) is 0 Å². The molecule has 0 unspecified atom stereocenters. The zero-order valence-corrected chi connectivity index (χ0v) is 14.1. The Labute approximate surface area is 146 Å². The van der Waals surface area contributed by atoms with Crippen molar-refractivity contribution in [3.05, 3.63) is 38.4 Å². The Morgan fingerprint density at radius 3 is 2.84 bits per heavy atom. The number of pyridine rings is 1. The first-order valence-electron chi connectivity index (χ1n) is 8.03. The van der Waals surface area contributed by atoms with Crippen LogP contribution in [0.3, 0.4) is 0 Å². The van der Waals surface area contributed by atoms with E-state index in [0.717, 1.165) is 25.7 Å². The van der Waals surface area contributed by atoms with E-state index in [-0.39, 0.29) is 11.6 Å². The Balaban J connectivity index is 2.03. The molecule has 1 amide bonds. The molecule has 3 aromatic heterocycles. The van der Waals surface area contributed by atoms with Gasteiger partial charge in [-0.15, -0.1) is 11.3 Å². The lowest BCUT2D eigenvalue weighted by Gasteiger charge is -2.11. The summed E-state index contributed by atoms with van der Waals surface area (Å²) in [5.41, 5.74) is 7.16. The number of aromatic amines is 1. The van der Waals surface area contributed by atoms with Gasteiger partial charge in [-0.05, 0) is 18.9 Å². The van der Waals surface area contributed by atoms with Gasteiger partial charge in [0.15, 0.2) is 0 Å². The first kappa shape index (κ1) is 15.6. The number of amides is 1. The average Bonchev–Trinajstić information content (AvgIpc) is 3.33. The maximum Gasteiger partial charge on any atom is 0.259 e. The van der Waals surface area contributed by atoms with Crippen molar-refractivity contribution < 1.29 is 4.79 Å². The van der Waals surface area contributed by atoms with Crippen LogP contribution >= 0.6 is 11.3 Å². The van der Waals surface area contributed by atoms with E-state index >= 15 is 0 Å². The minimum absolute atomic E-state index is 0.180. The molecule has 126 valence electrons. The van der Waals surface area contributed by atoms with E-state index in [2.05, 4.69) is 16.2 Å². The summed E-state index contributed by atoms with van der Waals surface area (Å²) in [5.74, 6) is -0.512. The minimum atomic E-state index is -0.512. The molecule has 0 radical (unpaired) electrons. The maximum absolute atomic E-state index is 12.5. The van der Waals surface area contributed by atoms with Crippen LogP contribution in [0.4, 0.5) is 0 Å². The number of aromatic nitrogens is 3. The standard InChI is InChI=1S/C17H15N5O2S/c18-6-10-7-20-17(24)13-14(9-5-12(16(19)23)25-8-9)21-22(15(10)13)11-3-1-2-4-11/h5,7-8,11H,1-4H2,(H2,19,23)(H,20,24). The monoisotopic (exact) mass is 353 g/mol. The van der Waals surface area contributed by atoms with Gasteiger partial charge in [-0.1, -0.05) is 12.8 Å². The molecule has 0 spiro atoms. The van der Waals surface area contributed by atoms with Gasteiger partial charge in [-0.2, -0.15) is 10.4 Å². The first-order valence-corrected chi connectivity index (χ1v) is 8.91. The second-order valence-electron chi connectivity index (χ2n) is 6.16. The normalized spacial score (nSPS) is 14.8. The lowest BCUT2D eigenvalue weighted by Crippen LogP contribution is -2.10. The molecule has 0 saturated heterocycles. The van der Waals surface area contributed by atoms with Gasteiger partial charge in [0, 0.05) is 17.1 Å². The van der Waals surface area contributed by atoms with Crippen molar-refractivity contribution >= 4 is 28.1 Å². The second-order valence-corrected chi connectivity index (χ2v) is 7.07. The molecule has 4 rings (SSSR count). The number of H-pyrrole nitrogens is 1. The quantitative estimate of drug-likeness (QED) is 0.752. The van der Waals surface area contributed by atoms with Crippen molar-refractivity contribution in [1.82, 2.24) is 14.8 Å². The molecule has 7 nitrogen and oxygen atoms in total. The third kappa shape index (κ3) is 2.44. The lowest BCUT2D eigenvalue weighted by atomic mass is 10.1. The smallest absolute Gasteiger partial charge is 0.259 e. The lowest BCUT2D eigenvalue weighted by molar-refractivity contribution is 0.100. The summed E-state index contributed by atoms with van der Waals surface area (Å²) in [4.78, 5) is 26.9. The van der Waals surface area contributed by atoms with Gasteiger partial charge >= 0.3 is 0 Å². The Morgan fingerprint density at radius 2 is 2.20 bits per heavy atom. The van der Waals surface area contributed by atoms with E-state index in [4.69, 9.17) is 5.73 Å². The van der Waals surface area contributed by atoms with Crippen LogP contribution in [0.2, 0.25) is 0 Å². The molecule has 1 aliphatic rings. The van der Waals surface area contributed by atoms with Gasteiger partial charge in [0.1, 0.15) is 11.8 Å². The molecule has 0 aliphatic heterocycles. The van der Waals surface area contributed by atoms with Crippen LogP contribution in [0.1, 0.15) is 47.0 Å². The van der Waals surface area contributed by atoms with E-state index < -0.39 is 5.91 Å². The maximum atomic E-state index is 12.5. The highest BCUT2D eigenvalue weighted by molar-refractivity contribution is 7.12. The van der Waals surface area contributed by atoms with Gasteiger partial charge in [-0.25, -0.2) is 0 Å². The fraction of sp³-hybridized carbons (Fsp3) is 0.294. The number of fused-ring (bicyclic) bond motifs is 1. The zero-order chi connectivity index (χ0) is 17.6. The van der Waals surface area contributed by atoms with E-state index in [1.54, 1.807) is 11.4 Å². The molecule has 3 aromatic rings. The molecular formula is C17H15N5O2S. The number of nitriles is 1. The van der Waals surface area contributed by atoms with Crippen LogP contribution in [0.25, 0.3) is 22.2 Å². The van der Waals surface area contributed by atoms with Crippen molar-refractivity contribution in [2.75, 3.05) is 0 Å². The summed E-state index contributed by atoms with van der Waals surface area (Å²) in [6.45, 7) is 0. The average molecular weight is 353 g/mol. The predicted octanol–water partition coefficient (Wildman–Crippen LogP) is 2.54. The number of nitrogens with zero attached hydrogens (tertiary/aromatic N) is 3. The van der Waals surface area contributed by atoms with Gasteiger partial charge in [0.2, 0.25) is 0 Å². The third-order valence-electron chi connectivity index (χ3n) is 4.65. The number of carbonyl (C=O) groups excluding carboxylic acids is 1. The number of nitrogens with one attached hydrogen (secondary N) is 1. The largest absolute Gasteiger partial charge is 0.365 e. The molecule has 0 aromatic carbocycles. The summed E-state index contributed by atoms with van der Waals surface area (Å²) in [6, 6.07) is 3.97. The van der Waals surface area contributed by atoms with Gasteiger partial charge in [0.05, 0.1) is 27.4 Å². The van der Waals surface area contributed by atoms with Crippen LogP contribution < -0.4 is 11.3 Å². The summed E-state index contributed by atoms with van der Waals surface area (Å²) >= 11 is 1.22. The fourth-order valence-electron chi connectivity index (χ4n) is 3.48. The van der Waals surface area contributed by atoms with E-state index in [1.165, 1.54) is 17.5 Å². The number of hydrogen-bond donors (Lipinski definition) is 2. The van der Waals surface area contributed by atoms with Crippen molar-refractivity contribution in [3.63, 3.8) is 0 Å². The second kappa shape index (κ2) is 5.86. The molecule has 8 heteroatoms. The highest BCUT2D eigenvalue weighted by Gasteiger charge is 2.26. The SMILES string of the molecule is N#Cc1c[nH]c(=O)c2c(-c3csc(C(N)=O)c3)nn(C3CCCC3)c12. The predicted molar refractivity (Wildman–Crippen MR) is 94.4 cm³/mol. The number of carbonyl (C=O) groups is 1. The Morgan fingerprint density at radius 1 is 1.44 bits per heavy atom. The topological polar surface area (TPSA) is 118 Å². The molecule has 1 fully saturated rings. The number of rotatable bonds is 3. The zero-order valence-electron chi connectivity index (χ0n) is 13.3. The van der Waals surface area contributed by atoms with Crippen molar-refractivity contribution in [2.45, 2.75) is 31.7 Å². The van der Waals surface area contributed by atoms with E-state index in [1.807, 2.05) is 4.68 Å². The summed E-state index contributed by atoms with van der Waals surface area (Å²) in [6.07, 6.45) is 5.60. The number of primary amides is 1. The van der Waals surface area contributed by atoms with Crippen LogP contribution in [0, 0.1) is 11.3 Å². The van der Waals surface area contributed by atoms with E-state index in [0.29, 0.717) is 32.6 Å². The Hall–Kier alpha value is -2.92. The molecule has 0 atom stereocenters. The van der Waals surface area contributed by atoms with Crippen LogP contribution in [0.15, 0.2) is 22.4 Å². The van der Waals surface area contributed by atoms with Gasteiger partial charge < -0.3 is 10.7 Å². The molecule has 0 bridgehead atoms. The molecule has 1 aliphatic carbocycles. The summed E-state index contributed by atoms with van der Waals surface area (Å²) in [7, 11) is 0. The molecule has 25 heavy (non-hydrogen) atoms. The van der Waals surface area contributed by atoms with Crippen LogP contribution in [0.5, 0.6) is 0 Å². The number of hydrogen-bond acceptors (Lipinski definition) is 5. The van der Waals surface area contributed by atoms with Gasteiger partial charge in [-0.3, -0.25) is 14.3 Å². The van der Waals surface area contributed by atoms with Crippen molar-refractivity contribution in [2.24, 2.45) is 5.73 Å². The molecule has 3 heterocycles. The Kier molecular flexibility index (Phi) is 3.66. The number of nitrogens with two attached hydrogens (primary N) is 1. The van der Waals surface area contributed by atoms with Crippen LogP contribution in [-0.4, -0.2) is 20.7 Å². The number of thiophene rings is 1. The molecular weight excluding hydrogens is 338 g/mol. The summed E-state index contributed by atoms with van der Waals surface area (Å²) < 4.78 is 1.83. The van der Waals surface area contributed by atoms with Gasteiger partial charge in [0.25, 0.3) is 11.5 Å². The molecule has 1 saturated carbocycles. The Bertz CT molecular complexity index is 1080. The van der Waals surface area contributed by atoms with Crippen molar-refractivity contribution in [3.8, 4) is 17.3 Å². The summed E-state index contributed by atoms with van der Waals surface area (Å²) in [5, 5.41) is 16.3. The third-order valence-corrected chi connectivity index (χ3v) is 5.59. The van der Waals surface area contributed by atoms with E-state index in [9.17, 15) is 14.9 Å². The van der Waals surface area contributed by atoms with Crippen molar-refractivity contribution in [1.29, 1.82) is 5.26 Å². The highest BCUT2D eigenvalue weighted by Crippen LogP contribution is 2.36. The molecule has 3 N–H and O–H groups in total. The highest BCUT2D eigenvalue weighted by atomic mass is 32.1. The first-order chi connectivity index (χ1) is 12.1.